The number of imidazole rings is 1. The number of rotatable bonds is 7. The predicted molar refractivity (Wildman–Crippen MR) is 119 cm³/mol. The highest BCUT2D eigenvalue weighted by molar-refractivity contribution is 6.00. The van der Waals surface area contributed by atoms with Crippen molar-refractivity contribution in [3.63, 3.8) is 0 Å². The molecule has 0 unspecified atom stereocenters. The molecule has 14 nitrogen and oxygen atoms in total. The summed E-state index contributed by atoms with van der Waals surface area (Å²) in [6.45, 7) is -1.14. The van der Waals surface area contributed by atoms with Crippen LogP contribution in [-0.4, -0.2) is 63.3 Å². The fourth-order valence-corrected chi connectivity index (χ4v) is 3.22. The summed E-state index contributed by atoms with van der Waals surface area (Å²) in [7, 11) is 5.04. The largest absolute Gasteiger partial charge is 0.465 e. The van der Waals surface area contributed by atoms with Crippen molar-refractivity contribution in [2.45, 2.75) is 6.54 Å². The lowest BCUT2D eigenvalue weighted by Gasteiger charge is -2.10. The number of benzene rings is 1. The summed E-state index contributed by atoms with van der Waals surface area (Å²) in [5, 5.41) is 2.41. The molecule has 3 rings (SSSR count). The van der Waals surface area contributed by atoms with Crippen LogP contribution in [-0.2, 0) is 44.4 Å². The molecule has 1 N–H and O–H groups in total. The van der Waals surface area contributed by atoms with Crippen molar-refractivity contribution >= 4 is 40.7 Å². The average molecular weight is 487 g/mol. The van der Waals surface area contributed by atoms with Gasteiger partial charge in [0.1, 0.15) is 6.54 Å². The minimum Gasteiger partial charge on any atom is -0.465 e. The summed E-state index contributed by atoms with van der Waals surface area (Å²) in [4.78, 5) is 76.7. The molecule has 0 saturated carbocycles. The van der Waals surface area contributed by atoms with Gasteiger partial charge >= 0.3 is 23.6 Å². The standard InChI is InChI=1S/C21H21N5O9/c1-24-17-16(18(29)25(2)21(24)32)26(10-22-17)8-15(28)35-9-14(27)23-13-6-11(19(30)33-3)5-12(7-13)20(31)34-4/h5-7,10H,8-9H2,1-4H3,(H,23,27). The molecule has 1 amide bonds. The van der Waals surface area contributed by atoms with E-state index >= 15 is 0 Å². The van der Waals surface area contributed by atoms with Crippen molar-refractivity contribution in [1.29, 1.82) is 0 Å². The molecular formula is C21H21N5O9. The summed E-state index contributed by atoms with van der Waals surface area (Å²) in [5.41, 5.74) is -1.05. The van der Waals surface area contributed by atoms with Gasteiger partial charge in [0.15, 0.2) is 17.8 Å². The monoisotopic (exact) mass is 487 g/mol. The van der Waals surface area contributed by atoms with Gasteiger partial charge in [-0.05, 0) is 18.2 Å². The normalized spacial score (nSPS) is 10.6. The first kappa shape index (κ1) is 24.9. The molecule has 0 bridgehead atoms. The zero-order valence-electron chi connectivity index (χ0n) is 19.2. The average Bonchev–Trinajstić information content (AvgIpc) is 3.27. The van der Waals surface area contributed by atoms with Crippen molar-refractivity contribution in [2.75, 3.05) is 26.1 Å². The molecule has 0 saturated heterocycles. The van der Waals surface area contributed by atoms with Crippen LogP contribution in [0, 0.1) is 0 Å². The lowest BCUT2D eigenvalue weighted by atomic mass is 10.1. The number of carbonyl (C=O) groups excluding carboxylic acids is 4. The smallest absolute Gasteiger partial charge is 0.337 e. The Labute approximate surface area is 196 Å². The number of fused-ring (bicyclic) bond motifs is 1. The van der Waals surface area contributed by atoms with E-state index in [4.69, 9.17) is 4.74 Å². The Kier molecular flexibility index (Phi) is 7.13. The van der Waals surface area contributed by atoms with Crippen LogP contribution in [0.1, 0.15) is 20.7 Å². The van der Waals surface area contributed by atoms with Crippen molar-refractivity contribution in [3.05, 3.63) is 56.5 Å². The number of nitrogens with one attached hydrogen (secondary N) is 1. The van der Waals surface area contributed by atoms with Crippen molar-refractivity contribution < 1.29 is 33.4 Å². The van der Waals surface area contributed by atoms with E-state index in [1.807, 2.05) is 0 Å². The summed E-state index contributed by atoms with van der Waals surface area (Å²) in [6, 6.07) is 3.79. The van der Waals surface area contributed by atoms with E-state index in [1.165, 1.54) is 43.2 Å². The first-order valence-corrected chi connectivity index (χ1v) is 9.95. The highest BCUT2D eigenvalue weighted by Crippen LogP contribution is 2.17. The Morgan fingerprint density at radius 2 is 1.54 bits per heavy atom. The number of carbonyl (C=O) groups is 4. The van der Waals surface area contributed by atoms with Crippen LogP contribution in [0.15, 0.2) is 34.1 Å². The third kappa shape index (κ3) is 5.10. The van der Waals surface area contributed by atoms with Gasteiger partial charge in [0.2, 0.25) is 0 Å². The number of hydrogen-bond donors (Lipinski definition) is 1. The molecule has 0 atom stereocenters. The predicted octanol–water partition coefficient (Wildman–Crippen LogP) is -0.811. The molecule has 3 aromatic rings. The van der Waals surface area contributed by atoms with Crippen molar-refractivity contribution in [2.24, 2.45) is 14.1 Å². The number of nitrogens with zero attached hydrogens (tertiary/aromatic N) is 4. The number of aromatic nitrogens is 4. The van der Waals surface area contributed by atoms with E-state index in [0.29, 0.717) is 0 Å². The fraction of sp³-hybridized carbons (Fsp3) is 0.286. The van der Waals surface area contributed by atoms with E-state index in [1.54, 1.807) is 0 Å². The fourth-order valence-electron chi connectivity index (χ4n) is 3.22. The minimum atomic E-state index is -0.853. The second-order valence-electron chi connectivity index (χ2n) is 7.24. The molecule has 2 heterocycles. The number of amides is 1. The molecular weight excluding hydrogens is 466 g/mol. The molecule has 0 fully saturated rings. The van der Waals surface area contributed by atoms with Crippen molar-refractivity contribution in [3.8, 4) is 0 Å². The second-order valence-corrected chi connectivity index (χ2v) is 7.24. The van der Waals surface area contributed by atoms with E-state index in [9.17, 15) is 28.8 Å². The Morgan fingerprint density at radius 1 is 0.943 bits per heavy atom. The number of esters is 3. The highest BCUT2D eigenvalue weighted by Gasteiger charge is 2.18. The number of anilines is 1. The second kappa shape index (κ2) is 10.0. The summed E-state index contributed by atoms with van der Waals surface area (Å²) >= 11 is 0. The molecule has 184 valence electrons. The SMILES string of the molecule is COC(=O)c1cc(NC(=O)COC(=O)Cn2cnc3c2c(=O)n(C)c(=O)n3C)cc(C(=O)OC)c1. The van der Waals surface area contributed by atoms with Crippen LogP contribution in [0.5, 0.6) is 0 Å². The third-order valence-electron chi connectivity index (χ3n) is 4.94. The minimum absolute atomic E-state index is 0.00865. The molecule has 35 heavy (non-hydrogen) atoms. The first-order valence-electron chi connectivity index (χ1n) is 9.95. The van der Waals surface area contributed by atoms with Gasteiger partial charge in [0, 0.05) is 19.8 Å². The number of ether oxygens (including phenoxy) is 3. The van der Waals surface area contributed by atoms with Crippen LogP contribution in [0.3, 0.4) is 0 Å². The molecule has 0 aliphatic carbocycles. The van der Waals surface area contributed by atoms with E-state index < -0.39 is 48.2 Å². The van der Waals surface area contributed by atoms with E-state index in [0.717, 1.165) is 23.4 Å². The van der Waals surface area contributed by atoms with E-state index in [2.05, 4.69) is 19.8 Å². The first-order chi connectivity index (χ1) is 16.6. The molecule has 14 heteroatoms. The highest BCUT2D eigenvalue weighted by atomic mass is 16.5. The Balaban J connectivity index is 1.70. The van der Waals surface area contributed by atoms with Gasteiger partial charge in [-0.15, -0.1) is 0 Å². The van der Waals surface area contributed by atoms with Crippen LogP contribution in [0.25, 0.3) is 11.2 Å². The van der Waals surface area contributed by atoms with Gasteiger partial charge in [0.05, 0.1) is 31.7 Å². The molecule has 1 aromatic carbocycles. The zero-order valence-corrected chi connectivity index (χ0v) is 19.2. The number of hydrogen-bond acceptors (Lipinski definition) is 10. The maximum atomic E-state index is 12.4. The van der Waals surface area contributed by atoms with Gasteiger partial charge in [-0.2, -0.15) is 0 Å². The van der Waals surface area contributed by atoms with Crippen LogP contribution >= 0.6 is 0 Å². The van der Waals surface area contributed by atoms with Crippen molar-refractivity contribution in [1.82, 2.24) is 18.7 Å². The molecule has 0 aliphatic heterocycles. The van der Waals surface area contributed by atoms with Gasteiger partial charge in [-0.1, -0.05) is 0 Å². The van der Waals surface area contributed by atoms with Gasteiger partial charge in [-0.3, -0.25) is 23.5 Å². The molecule has 0 aliphatic rings. The summed E-state index contributed by atoms with van der Waals surface area (Å²) in [6.07, 6.45) is 1.21. The molecule has 0 spiro atoms. The van der Waals surface area contributed by atoms with Crippen LogP contribution in [0.4, 0.5) is 5.69 Å². The topological polar surface area (TPSA) is 170 Å². The quantitative estimate of drug-likeness (QED) is 0.328. The number of aryl methyl sites for hydroxylation is 1. The Bertz CT molecular complexity index is 1430. The van der Waals surface area contributed by atoms with Gasteiger partial charge < -0.3 is 24.1 Å². The van der Waals surface area contributed by atoms with E-state index in [-0.39, 0.29) is 28.0 Å². The Morgan fingerprint density at radius 3 is 2.11 bits per heavy atom. The molecule has 2 aromatic heterocycles. The zero-order chi connectivity index (χ0) is 25.9. The van der Waals surface area contributed by atoms with Gasteiger partial charge in [0.25, 0.3) is 11.5 Å². The maximum Gasteiger partial charge on any atom is 0.337 e. The van der Waals surface area contributed by atoms with Gasteiger partial charge in [-0.25, -0.2) is 19.4 Å². The lowest BCUT2D eigenvalue weighted by Crippen LogP contribution is -2.37. The number of methoxy groups -OCH3 is 2. The van der Waals surface area contributed by atoms with Crippen LogP contribution in [0.2, 0.25) is 0 Å². The maximum absolute atomic E-state index is 12.4. The van der Waals surface area contributed by atoms with Crippen LogP contribution < -0.4 is 16.6 Å². The Hall–Kier alpha value is -4.75. The molecule has 0 radical (unpaired) electrons. The third-order valence-corrected chi connectivity index (χ3v) is 4.94. The summed E-state index contributed by atoms with van der Waals surface area (Å²) in [5.74, 6) is -3.10. The summed E-state index contributed by atoms with van der Waals surface area (Å²) < 4.78 is 17.5. The lowest BCUT2D eigenvalue weighted by molar-refractivity contribution is -0.147.